The van der Waals surface area contributed by atoms with Crippen LogP contribution in [0.25, 0.3) is 0 Å². The average Bonchev–Trinajstić information content (AvgIpc) is 2.83. The largest absolute Gasteiger partial charge is 0.493 e. The fraction of sp³-hybridized carbons (Fsp3) is 0.167. The highest BCUT2D eigenvalue weighted by atomic mass is 16.6. The highest BCUT2D eigenvalue weighted by Gasteiger charge is 2.08. The third-order valence-electron chi connectivity index (χ3n) is 4.65. The lowest BCUT2D eigenvalue weighted by molar-refractivity contribution is -0.384. The Hall–Kier alpha value is -4.40. The summed E-state index contributed by atoms with van der Waals surface area (Å²) in [5.74, 6) is 1.53. The van der Waals surface area contributed by atoms with Crippen molar-refractivity contribution in [3.05, 3.63) is 93.5 Å². The quantitative estimate of drug-likeness (QED) is 0.286. The molecule has 0 radical (unpaired) electrons. The zero-order valence-electron chi connectivity index (χ0n) is 18.2. The number of nitro benzene ring substituents is 1. The topological polar surface area (TPSA) is 112 Å². The molecule has 3 aromatic rings. The summed E-state index contributed by atoms with van der Waals surface area (Å²) >= 11 is 0. The van der Waals surface area contributed by atoms with Crippen molar-refractivity contribution in [1.29, 1.82) is 0 Å². The van der Waals surface area contributed by atoms with E-state index in [4.69, 9.17) is 14.2 Å². The molecule has 0 saturated carbocycles. The third kappa shape index (κ3) is 6.79. The molecular weight excluding hydrogens is 426 g/mol. The monoisotopic (exact) mass is 449 g/mol. The fourth-order valence-corrected chi connectivity index (χ4v) is 2.92. The minimum Gasteiger partial charge on any atom is -0.493 e. The molecule has 0 aromatic heterocycles. The lowest BCUT2D eigenvalue weighted by Gasteiger charge is -2.09. The van der Waals surface area contributed by atoms with Crippen LogP contribution in [0.2, 0.25) is 0 Å². The molecule has 0 aliphatic heterocycles. The molecule has 0 aliphatic carbocycles. The van der Waals surface area contributed by atoms with Crippen molar-refractivity contribution < 1.29 is 23.9 Å². The summed E-state index contributed by atoms with van der Waals surface area (Å²) in [6.07, 6.45) is 1.68. The first-order valence-electron chi connectivity index (χ1n) is 9.97. The molecule has 0 bridgehead atoms. The summed E-state index contributed by atoms with van der Waals surface area (Å²) in [5, 5.41) is 14.7. The van der Waals surface area contributed by atoms with Crippen LogP contribution in [0.4, 0.5) is 5.69 Å². The van der Waals surface area contributed by atoms with Crippen molar-refractivity contribution >= 4 is 17.8 Å². The molecule has 9 nitrogen and oxygen atoms in total. The second-order valence-electron chi connectivity index (χ2n) is 6.94. The van der Waals surface area contributed by atoms with Gasteiger partial charge in [0.15, 0.2) is 11.5 Å². The summed E-state index contributed by atoms with van der Waals surface area (Å²) in [4.78, 5) is 22.4. The predicted octanol–water partition coefficient (Wildman–Crippen LogP) is 3.88. The van der Waals surface area contributed by atoms with Crippen LogP contribution in [-0.4, -0.2) is 31.3 Å². The second-order valence-corrected chi connectivity index (χ2v) is 6.94. The van der Waals surface area contributed by atoms with E-state index in [1.54, 1.807) is 61.7 Å². The van der Waals surface area contributed by atoms with E-state index in [1.807, 2.05) is 0 Å². The number of hydrogen-bond acceptors (Lipinski definition) is 7. The normalized spacial score (nSPS) is 10.6. The van der Waals surface area contributed by atoms with E-state index < -0.39 is 4.92 Å². The van der Waals surface area contributed by atoms with Gasteiger partial charge in [-0.1, -0.05) is 6.07 Å². The summed E-state index contributed by atoms with van der Waals surface area (Å²) in [6.45, 7) is 0.289. The maximum absolute atomic E-state index is 12.1. The van der Waals surface area contributed by atoms with Crippen LogP contribution in [-0.2, 0) is 17.8 Å². The van der Waals surface area contributed by atoms with Gasteiger partial charge in [0.1, 0.15) is 12.4 Å². The lowest BCUT2D eigenvalue weighted by Crippen LogP contribution is -2.19. The van der Waals surface area contributed by atoms with E-state index in [-0.39, 0.29) is 24.6 Å². The fourth-order valence-electron chi connectivity index (χ4n) is 2.92. The number of amides is 1. The summed E-state index contributed by atoms with van der Waals surface area (Å²) in [6, 6.07) is 18.6. The molecule has 0 spiro atoms. The van der Waals surface area contributed by atoms with Crippen molar-refractivity contribution in [3.63, 3.8) is 0 Å². The van der Waals surface area contributed by atoms with E-state index in [1.165, 1.54) is 25.5 Å². The zero-order chi connectivity index (χ0) is 23.6. The maximum atomic E-state index is 12.1. The van der Waals surface area contributed by atoms with E-state index in [0.29, 0.717) is 17.2 Å². The van der Waals surface area contributed by atoms with Gasteiger partial charge in [-0.3, -0.25) is 14.9 Å². The molecule has 0 heterocycles. The minimum absolute atomic E-state index is 0.0400. The van der Waals surface area contributed by atoms with E-state index in [2.05, 4.69) is 10.5 Å². The van der Waals surface area contributed by atoms with Crippen molar-refractivity contribution in [2.45, 2.75) is 13.0 Å². The molecule has 0 aliphatic rings. The molecular formula is C24H23N3O6. The Morgan fingerprint density at radius 2 is 1.64 bits per heavy atom. The number of rotatable bonds is 10. The number of carbonyl (C=O) groups excluding carboxylic acids is 1. The molecule has 0 atom stereocenters. The number of nitro groups is 1. The molecule has 33 heavy (non-hydrogen) atoms. The number of nitrogens with zero attached hydrogens (tertiary/aromatic N) is 2. The SMILES string of the molecule is COc1ccc(CC(=O)N/N=C/c2ccc(OCc3ccc([N+](=O)[O-])cc3)cc2)cc1OC. The van der Waals surface area contributed by atoms with Crippen molar-refractivity contribution in [2.75, 3.05) is 14.2 Å². The molecule has 1 N–H and O–H groups in total. The van der Waals surface area contributed by atoms with Gasteiger partial charge < -0.3 is 14.2 Å². The van der Waals surface area contributed by atoms with Crippen LogP contribution in [0.1, 0.15) is 16.7 Å². The third-order valence-corrected chi connectivity index (χ3v) is 4.65. The molecule has 0 fully saturated rings. The summed E-state index contributed by atoms with van der Waals surface area (Å²) in [7, 11) is 3.09. The minimum atomic E-state index is -0.441. The number of benzene rings is 3. The number of nitrogens with one attached hydrogen (secondary N) is 1. The van der Waals surface area contributed by atoms with Gasteiger partial charge in [-0.15, -0.1) is 0 Å². The number of methoxy groups -OCH3 is 2. The standard InChI is InChI=1S/C24H23N3O6/c1-31-22-12-7-19(13-23(22)32-2)14-24(28)26-25-15-17-5-10-21(11-6-17)33-16-18-3-8-20(9-4-18)27(29)30/h3-13,15H,14,16H2,1-2H3,(H,26,28)/b25-15+. The Morgan fingerprint density at radius 3 is 2.27 bits per heavy atom. The van der Waals surface area contributed by atoms with E-state index in [9.17, 15) is 14.9 Å². The molecule has 1 amide bonds. The average molecular weight is 449 g/mol. The molecule has 9 heteroatoms. The first-order valence-corrected chi connectivity index (χ1v) is 9.97. The molecule has 3 aromatic carbocycles. The first-order chi connectivity index (χ1) is 16.0. The van der Waals surface area contributed by atoms with Crippen LogP contribution in [0, 0.1) is 10.1 Å². The Balaban J connectivity index is 1.47. The van der Waals surface area contributed by atoms with Gasteiger partial charge in [0.05, 0.1) is 31.8 Å². The Bertz CT molecular complexity index is 1130. The van der Waals surface area contributed by atoms with Gasteiger partial charge in [0, 0.05) is 12.1 Å². The van der Waals surface area contributed by atoms with Gasteiger partial charge >= 0.3 is 0 Å². The Kier molecular flexibility index (Phi) is 7.96. The van der Waals surface area contributed by atoms with Crippen LogP contribution >= 0.6 is 0 Å². The van der Waals surface area contributed by atoms with Crippen LogP contribution in [0.15, 0.2) is 71.8 Å². The highest BCUT2D eigenvalue weighted by molar-refractivity contribution is 5.83. The first kappa shape index (κ1) is 23.3. The maximum Gasteiger partial charge on any atom is 0.269 e. The van der Waals surface area contributed by atoms with Crippen molar-refractivity contribution in [1.82, 2.24) is 5.43 Å². The Labute approximate surface area is 190 Å². The van der Waals surface area contributed by atoms with Gasteiger partial charge in [0.25, 0.3) is 5.69 Å². The van der Waals surface area contributed by atoms with Gasteiger partial charge in [-0.25, -0.2) is 5.43 Å². The number of hydrogen-bond donors (Lipinski definition) is 1. The van der Waals surface area contributed by atoms with Crippen LogP contribution in [0.3, 0.4) is 0 Å². The lowest BCUT2D eigenvalue weighted by atomic mass is 10.1. The number of ether oxygens (including phenoxy) is 3. The van der Waals surface area contributed by atoms with Crippen LogP contribution < -0.4 is 19.6 Å². The summed E-state index contributed by atoms with van der Waals surface area (Å²) in [5.41, 5.74) is 4.92. The van der Waals surface area contributed by atoms with Gasteiger partial charge in [-0.05, 0) is 65.2 Å². The second kappa shape index (κ2) is 11.3. The highest BCUT2D eigenvalue weighted by Crippen LogP contribution is 2.27. The van der Waals surface area contributed by atoms with Crippen LogP contribution in [0.5, 0.6) is 17.2 Å². The number of non-ortho nitro benzene ring substituents is 1. The van der Waals surface area contributed by atoms with Crippen molar-refractivity contribution in [2.24, 2.45) is 5.10 Å². The van der Waals surface area contributed by atoms with E-state index in [0.717, 1.165) is 16.7 Å². The molecule has 0 saturated heterocycles. The predicted molar refractivity (Wildman–Crippen MR) is 123 cm³/mol. The zero-order valence-corrected chi connectivity index (χ0v) is 18.2. The van der Waals surface area contributed by atoms with Crippen molar-refractivity contribution in [3.8, 4) is 17.2 Å². The van der Waals surface area contributed by atoms with Gasteiger partial charge in [0.2, 0.25) is 5.91 Å². The molecule has 170 valence electrons. The number of hydrazone groups is 1. The Morgan fingerprint density at radius 1 is 0.970 bits per heavy atom. The smallest absolute Gasteiger partial charge is 0.269 e. The summed E-state index contributed by atoms with van der Waals surface area (Å²) < 4.78 is 16.1. The van der Waals surface area contributed by atoms with E-state index >= 15 is 0 Å². The van der Waals surface area contributed by atoms with Gasteiger partial charge in [-0.2, -0.15) is 5.10 Å². The molecule has 0 unspecified atom stereocenters. The number of carbonyl (C=O) groups is 1. The molecule has 3 rings (SSSR count).